The van der Waals surface area contributed by atoms with E-state index >= 15 is 8.78 Å². The zero-order valence-corrected chi connectivity index (χ0v) is 23.1. The molecule has 0 aliphatic heterocycles. The van der Waals surface area contributed by atoms with Gasteiger partial charge < -0.3 is 9.47 Å². The lowest BCUT2D eigenvalue weighted by Gasteiger charge is -2.61. The van der Waals surface area contributed by atoms with Crippen LogP contribution in [0.3, 0.4) is 0 Å². The summed E-state index contributed by atoms with van der Waals surface area (Å²) in [6.07, 6.45) is 4.85. The zero-order chi connectivity index (χ0) is 27.5. The average molecular weight is 562 g/mol. The fourth-order valence-corrected chi connectivity index (χ4v) is 9.00. The van der Waals surface area contributed by atoms with Crippen molar-refractivity contribution >= 4 is 40.8 Å². The number of hydrogen-bond donors (Lipinski definition) is 0. The first kappa shape index (κ1) is 27.1. The Bertz CT molecular complexity index is 1300. The maximum atomic E-state index is 17.2. The Labute approximate surface area is 228 Å². The monoisotopic (exact) mass is 561 g/mol. The van der Waals surface area contributed by atoms with Crippen LogP contribution in [0.5, 0.6) is 0 Å². The Morgan fingerprint density at radius 2 is 2.00 bits per heavy atom. The summed E-state index contributed by atoms with van der Waals surface area (Å²) in [7, 11) is 0. The van der Waals surface area contributed by atoms with E-state index in [0.717, 1.165) is 4.21 Å². The van der Waals surface area contributed by atoms with E-state index in [2.05, 4.69) is 0 Å². The van der Waals surface area contributed by atoms with Crippen LogP contribution in [-0.2, 0) is 19.1 Å². The lowest BCUT2D eigenvalue weighted by molar-refractivity contribution is -0.198. The number of ether oxygens (including phenoxy) is 2. The summed E-state index contributed by atoms with van der Waals surface area (Å²) in [6, 6.07) is 5.21. The normalized spacial score (nSPS) is 39.3. The van der Waals surface area contributed by atoms with E-state index in [-0.39, 0.29) is 37.0 Å². The molecule has 1 heterocycles. The number of esters is 2. The topological polar surface area (TPSA) is 93.5 Å². The number of carbonyl (C=O) groups excluding carboxylic acids is 3. The van der Waals surface area contributed by atoms with Crippen molar-refractivity contribution in [3.63, 3.8) is 0 Å². The minimum atomic E-state index is -1.85. The molecule has 6 nitrogen and oxygen atoms in total. The summed E-state index contributed by atoms with van der Waals surface area (Å²) in [5.41, 5.74) is -5.75. The van der Waals surface area contributed by atoms with Crippen LogP contribution < -0.4 is 0 Å². The van der Waals surface area contributed by atoms with Crippen LogP contribution in [0.1, 0.15) is 55.6 Å². The van der Waals surface area contributed by atoms with Crippen molar-refractivity contribution in [1.82, 2.24) is 0 Å². The molecule has 38 heavy (non-hydrogen) atoms. The number of fused-ring (bicyclic) bond motifs is 5. The third-order valence-corrected chi connectivity index (χ3v) is 11.8. The summed E-state index contributed by atoms with van der Waals surface area (Å²) in [6.45, 7) is 2.93. The predicted octanol–water partition coefficient (Wildman–Crippen LogP) is 5.78. The molecule has 3 fully saturated rings. The van der Waals surface area contributed by atoms with E-state index < -0.39 is 58.7 Å². The number of allylic oxidation sites excluding steroid dienone is 4. The van der Waals surface area contributed by atoms with E-state index in [1.54, 1.807) is 32.0 Å². The second-order valence-electron chi connectivity index (χ2n) is 11.0. The van der Waals surface area contributed by atoms with Crippen LogP contribution in [0, 0.1) is 34.0 Å². The van der Waals surface area contributed by atoms with E-state index in [1.807, 2.05) is 6.26 Å². The summed E-state index contributed by atoms with van der Waals surface area (Å²) in [5.74, 6) is -3.12. The Morgan fingerprint density at radius 3 is 2.68 bits per heavy atom. The molecule has 202 valence electrons. The molecule has 0 saturated heterocycles. The standard InChI is InChI=1S/C28H29F2NO5S2/c1-25-8-6-16(32)14-19(25)20(29)15-18-17-7-9-28(24(34)35-13-12-31,26(17,2)10-11-27(18,25)30)36-23(33)21-4-5-22(37-3)38-21/h4-6,8,14,17-18,20H,7,9-11,13,15H2,1-3H3/t17-,18-,20-,25-,26-,27+,28-/m0/s1. The summed E-state index contributed by atoms with van der Waals surface area (Å²) in [4.78, 5) is 39.2. The van der Waals surface area contributed by atoms with Gasteiger partial charge in [-0.05, 0) is 81.1 Å². The second-order valence-corrected chi connectivity index (χ2v) is 13.2. The summed E-state index contributed by atoms with van der Waals surface area (Å²) >= 11 is 2.72. The molecule has 0 radical (unpaired) electrons. The van der Waals surface area contributed by atoms with Gasteiger partial charge in [0.1, 0.15) is 22.8 Å². The maximum Gasteiger partial charge on any atom is 0.352 e. The first-order valence-electron chi connectivity index (χ1n) is 12.7. The number of alkyl halides is 2. The Hall–Kier alpha value is -2.51. The lowest BCUT2D eigenvalue weighted by Crippen LogP contribution is -2.65. The van der Waals surface area contributed by atoms with Gasteiger partial charge in [-0.25, -0.2) is 18.4 Å². The molecule has 0 amide bonds. The van der Waals surface area contributed by atoms with Gasteiger partial charge in [-0.2, -0.15) is 5.26 Å². The largest absolute Gasteiger partial charge is 0.447 e. The van der Waals surface area contributed by atoms with Crippen molar-refractivity contribution in [3.05, 3.63) is 40.8 Å². The molecule has 5 rings (SSSR count). The van der Waals surface area contributed by atoms with Gasteiger partial charge in [-0.15, -0.1) is 23.1 Å². The number of thiophene rings is 1. The predicted molar refractivity (Wildman–Crippen MR) is 138 cm³/mol. The highest BCUT2D eigenvalue weighted by Gasteiger charge is 2.74. The highest BCUT2D eigenvalue weighted by Crippen LogP contribution is 2.70. The Balaban J connectivity index is 1.54. The number of ketones is 1. The number of nitriles is 1. The third-order valence-electron chi connectivity index (χ3n) is 9.62. The molecule has 10 heteroatoms. The van der Waals surface area contributed by atoms with Gasteiger partial charge in [-0.1, -0.05) is 13.0 Å². The van der Waals surface area contributed by atoms with Gasteiger partial charge in [0, 0.05) is 16.7 Å². The molecule has 0 spiro atoms. The van der Waals surface area contributed by atoms with Crippen LogP contribution in [0.4, 0.5) is 8.78 Å². The molecule has 0 bridgehead atoms. The molecule has 7 atom stereocenters. The number of rotatable bonds is 5. The fraction of sp³-hybridized carbons (Fsp3) is 0.571. The van der Waals surface area contributed by atoms with Gasteiger partial charge in [0.25, 0.3) is 0 Å². The number of nitrogens with zero attached hydrogens (tertiary/aromatic N) is 1. The first-order chi connectivity index (χ1) is 18.0. The van der Waals surface area contributed by atoms with E-state index in [1.165, 1.54) is 41.3 Å². The Morgan fingerprint density at radius 1 is 1.24 bits per heavy atom. The van der Waals surface area contributed by atoms with Crippen LogP contribution >= 0.6 is 23.1 Å². The van der Waals surface area contributed by atoms with E-state index in [0.29, 0.717) is 11.3 Å². The first-order valence-corrected chi connectivity index (χ1v) is 14.7. The van der Waals surface area contributed by atoms with Gasteiger partial charge in [0.05, 0.1) is 4.21 Å². The van der Waals surface area contributed by atoms with E-state index in [4.69, 9.17) is 14.7 Å². The van der Waals surface area contributed by atoms with Crippen molar-refractivity contribution in [1.29, 1.82) is 5.26 Å². The molecule has 0 N–H and O–H groups in total. The van der Waals surface area contributed by atoms with Gasteiger partial charge in [-0.3, -0.25) is 4.79 Å². The van der Waals surface area contributed by atoms with Gasteiger partial charge in [0.2, 0.25) is 5.60 Å². The fourth-order valence-electron chi connectivity index (χ4n) is 7.58. The maximum absolute atomic E-state index is 17.2. The third kappa shape index (κ3) is 3.64. The van der Waals surface area contributed by atoms with Crippen molar-refractivity contribution in [2.75, 3.05) is 12.9 Å². The van der Waals surface area contributed by atoms with Crippen molar-refractivity contribution in [2.45, 2.75) is 67.6 Å². The minimum Gasteiger partial charge on any atom is -0.447 e. The van der Waals surface area contributed by atoms with Crippen LogP contribution in [-0.4, -0.2) is 48.0 Å². The molecule has 4 aliphatic rings. The molecule has 1 aromatic rings. The van der Waals surface area contributed by atoms with Crippen LogP contribution in [0.15, 0.2) is 40.1 Å². The zero-order valence-electron chi connectivity index (χ0n) is 21.4. The molecule has 4 aliphatic carbocycles. The second kappa shape index (κ2) is 9.30. The minimum absolute atomic E-state index is 0.00971. The number of hydrogen-bond acceptors (Lipinski definition) is 8. The van der Waals surface area contributed by atoms with Crippen molar-refractivity contribution in [2.24, 2.45) is 22.7 Å². The van der Waals surface area contributed by atoms with Crippen LogP contribution in [0.2, 0.25) is 0 Å². The molecule has 1 aromatic heterocycles. The van der Waals surface area contributed by atoms with Crippen molar-refractivity contribution < 1.29 is 32.6 Å². The molecule has 0 unspecified atom stereocenters. The molecular formula is C28H29F2NO5S2. The van der Waals surface area contributed by atoms with E-state index in [9.17, 15) is 14.4 Å². The SMILES string of the molecule is CSc1ccc(C(=O)O[C@]2(C(=O)OCC#N)CC[C@H]3[C@@H]4C[C@H](F)C5=CC(=O)C=C[C@]5(C)[C@@]4(F)CC[C@@]32C)s1. The highest BCUT2D eigenvalue weighted by atomic mass is 32.2. The average Bonchev–Trinajstić information content (AvgIpc) is 3.49. The number of thioether (sulfide) groups is 1. The Kier molecular flexibility index (Phi) is 6.63. The van der Waals surface area contributed by atoms with Crippen molar-refractivity contribution in [3.8, 4) is 6.07 Å². The van der Waals surface area contributed by atoms with Crippen LogP contribution in [0.25, 0.3) is 0 Å². The molecular weight excluding hydrogens is 532 g/mol. The quantitative estimate of drug-likeness (QED) is 0.332. The lowest BCUT2D eigenvalue weighted by atomic mass is 9.45. The van der Waals surface area contributed by atoms with Gasteiger partial charge >= 0.3 is 11.9 Å². The molecule has 0 aromatic carbocycles. The summed E-state index contributed by atoms with van der Waals surface area (Å²) < 4.78 is 45.1. The number of halogens is 2. The smallest absolute Gasteiger partial charge is 0.352 e. The highest BCUT2D eigenvalue weighted by molar-refractivity contribution is 8.00. The number of carbonyl (C=O) groups is 3. The van der Waals surface area contributed by atoms with Gasteiger partial charge in [0.15, 0.2) is 12.4 Å². The summed E-state index contributed by atoms with van der Waals surface area (Å²) in [5, 5.41) is 9.04. The molecule has 3 saturated carbocycles.